The van der Waals surface area contributed by atoms with Gasteiger partial charge < -0.3 is 15.5 Å². The lowest BCUT2D eigenvalue weighted by atomic mass is 9.98. The maximum Gasteiger partial charge on any atom is 0.211 e. The fourth-order valence-electron chi connectivity index (χ4n) is 4.00. The van der Waals surface area contributed by atoms with E-state index >= 15 is 0 Å². The first-order chi connectivity index (χ1) is 12.4. The predicted molar refractivity (Wildman–Crippen MR) is 106 cm³/mol. The van der Waals surface area contributed by atoms with E-state index in [0.29, 0.717) is 25.0 Å². The molecule has 150 valence electrons. The van der Waals surface area contributed by atoms with E-state index in [9.17, 15) is 8.42 Å². The van der Waals surface area contributed by atoms with Crippen LogP contribution < -0.4 is 10.6 Å². The lowest BCUT2D eigenvalue weighted by Crippen LogP contribution is -2.50. The van der Waals surface area contributed by atoms with Gasteiger partial charge in [-0.3, -0.25) is 4.99 Å². The fraction of sp³-hybridized carbons (Fsp3) is 0.944. The predicted octanol–water partition coefficient (Wildman–Crippen LogP) is 0.697. The molecular formula is C18H35N5O2S. The van der Waals surface area contributed by atoms with E-state index in [0.717, 1.165) is 31.3 Å². The first-order valence-corrected chi connectivity index (χ1v) is 11.9. The molecule has 7 nitrogen and oxygen atoms in total. The zero-order chi connectivity index (χ0) is 18.6. The highest BCUT2D eigenvalue weighted by Crippen LogP contribution is 2.30. The Morgan fingerprint density at radius 3 is 2.19 bits per heavy atom. The second-order valence-electron chi connectivity index (χ2n) is 8.22. The molecule has 2 N–H and O–H groups in total. The van der Waals surface area contributed by atoms with E-state index in [2.05, 4.69) is 20.5 Å². The lowest BCUT2D eigenvalue weighted by Gasteiger charge is -2.34. The quantitative estimate of drug-likeness (QED) is 0.520. The Balaban J connectivity index is 1.34. The number of hydrogen-bond acceptors (Lipinski definition) is 4. The largest absolute Gasteiger partial charge is 0.356 e. The van der Waals surface area contributed by atoms with E-state index in [1.165, 1.54) is 51.6 Å². The van der Waals surface area contributed by atoms with Crippen molar-refractivity contribution in [1.29, 1.82) is 0 Å². The van der Waals surface area contributed by atoms with Crippen molar-refractivity contribution in [1.82, 2.24) is 19.8 Å². The maximum atomic E-state index is 11.6. The number of rotatable bonds is 6. The molecule has 1 aliphatic carbocycles. The average molecular weight is 386 g/mol. The first-order valence-electron chi connectivity index (χ1n) is 10.1. The van der Waals surface area contributed by atoms with Crippen molar-refractivity contribution in [3.63, 3.8) is 0 Å². The van der Waals surface area contributed by atoms with E-state index in [-0.39, 0.29) is 0 Å². The van der Waals surface area contributed by atoms with Crippen LogP contribution in [0.3, 0.4) is 0 Å². The summed E-state index contributed by atoms with van der Waals surface area (Å²) in [4.78, 5) is 6.99. The van der Waals surface area contributed by atoms with Crippen molar-refractivity contribution in [2.24, 2.45) is 16.8 Å². The van der Waals surface area contributed by atoms with Crippen LogP contribution in [0.1, 0.15) is 38.5 Å². The zero-order valence-corrected chi connectivity index (χ0v) is 17.1. The third kappa shape index (κ3) is 6.09. The van der Waals surface area contributed by atoms with Crippen LogP contribution in [0, 0.1) is 11.8 Å². The molecule has 3 fully saturated rings. The normalized spacial score (nSPS) is 25.4. The van der Waals surface area contributed by atoms with Crippen molar-refractivity contribution in [3.05, 3.63) is 0 Å². The molecular weight excluding hydrogens is 350 g/mol. The summed E-state index contributed by atoms with van der Waals surface area (Å²) in [5, 5.41) is 7.02. The molecule has 0 amide bonds. The molecule has 0 spiro atoms. The van der Waals surface area contributed by atoms with Crippen LogP contribution in [0.2, 0.25) is 0 Å². The zero-order valence-electron chi connectivity index (χ0n) is 16.3. The van der Waals surface area contributed by atoms with Gasteiger partial charge in [-0.15, -0.1) is 0 Å². The summed E-state index contributed by atoms with van der Waals surface area (Å²) in [6.07, 6.45) is 8.34. The Bertz CT molecular complexity index is 574. The van der Waals surface area contributed by atoms with Crippen LogP contribution in [-0.4, -0.2) is 82.2 Å². The van der Waals surface area contributed by atoms with E-state index in [1.807, 2.05) is 7.05 Å². The summed E-state index contributed by atoms with van der Waals surface area (Å²) in [5.74, 6) is 2.37. The van der Waals surface area contributed by atoms with Gasteiger partial charge in [-0.05, 0) is 50.4 Å². The van der Waals surface area contributed by atoms with Gasteiger partial charge in [0.2, 0.25) is 10.0 Å². The number of nitrogens with one attached hydrogen (secondary N) is 2. The van der Waals surface area contributed by atoms with Crippen LogP contribution in [0.15, 0.2) is 4.99 Å². The van der Waals surface area contributed by atoms with Crippen molar-refractivity contribution >= 4 is 16.0 Å². The number of hydrogen-bond donors (Lipinski definition) is 2. The Kier molecular flexibility index (Phi) is 6.80. The van der Waals surface area contributed by atoms with E-state index in [4.69, 9.17) is 0 Å². The van der Waals surface area contributed by atoms with Gasteiger partial charge >= 0.3 is 0 Å². The van der Waals surface area contributed by atoms with Crippen molar-refractivity contribution in [3.8, 4) is 0 Å². The second-order valence-corrected chi connectivity index (χ2v) is 10.2. The summed E-state index contributed by atoms with van der Waals surface area (Å²) in [6.45, 7) is 5.81. The molecule has 0 aromatic carbocycles. The van der Waals surface area contributed by atoms with Crippen molar-refractivity contribution < 1.29 is 8.42 Å². The van der Waals surface area contributed by atoms with E-state index in [1.54, 1.807) is 4.31 Å². The van der Waals surface area contributed by atoms with Crippen LogP contribution in [-0.2, 0) is 10.0 Å². The Hall–Kier alpha value is -0.860. The molecule has 3 rings (SSSR count). The molecule has 0 aromatic heterocycles. The van der Waals surface area contributed by atoms with Crippen LogP contribution >= 0.6 is 0 Å². The van der Waals surface area contributed by atoms with Crippen molar-refractivity contribution in [2.75, 3.05) is 52.6 Å². The first kappa shape index (κ1) is 19.9. The number of aliphatic imine (C=N–C) groups is 1. The minimum absolute atomic E-state index is 0.503. The number of nitrogens with zero attached hydrogens (tertiary/aromatic N) is 3. The summed E-state index contributed by atoms with van der Waals surface area (Å²) in [7, 11) is -1.22. The second kappa shape index (κ2) is 8.89. The Morgan fingerprint density at radius 1 is 1.00 bits per heavy atom. The SMILES string of the molecule is CN=C(NCC1CCN(S(C)(=O)=O)CC1)NC1CCN(CC2CC2)CC1. The minimum atomic E-state index is -3.04. The summed E-state index contributed by atoms with van der Waals surface area (Å²) < 4.78 is 24.8. The summed E-state index contributed by atoms with van der Waals surface area (Å²) in [6, 6.07) is 0.503. The molecule has 2 aliphatic heterocycles. The highest BCUT2D eigenvalue weighted by molar-refractivity contribution is 7.88. The molecule has 8 heteroatoms. The molecule has 2 saturated heterocycles. The number of sulfonamides is 1. The molecule has 3 aliphatic rings. The molecule has 0 atom stereocenters. The fourth-order valence-corrected chi connectivity index (χ4v) is 4.87. The third-order valence-corrected chi connectivity index (χ3v) is 7.27. The highest BCUT2D eigenvalue weighted by Gasteiger charge is 2.28. The minimum Gasteiger partial charge on any atom is -0.356 e. The summed E-state index contributed by atoms with van der Waals surface area (Å²) >= 11 is 0. The van der Waals surface area contributed by atoms with Crippen LogP contribution in [0.4, 0.5) is 0 Å². The average Bonchev–Trinajstić information content (AvgIpc) is 3.43. The number of piperidine rings is 2. The number of likely N-dealkylation sites (tertiary alicyclic amines) is 1. The molecule has 1 saturated carbocycles. The molecule has 0 unspecified atom stereocenters. The molecule has 0 radical (unpaired) electrons. The van der Waals surface area contributed by atoms with Crippen LogP contribution in [0.25, 0.3) is 0 Å². The third-order valence-electron chi connectivity index (χ3n) is 5.97. The van der Waals surface area contributed by atoms with Gasteiger partial charge in [-0.1, -0.05) is 0 Å². The molecule has 0 bridgehead atoms. The van der Waals surface area contributed by atoms with Gasteiger partial charge in [-0.25, -0.2) is 12.7 Å². The van der Waals surface area contributed by atoms with Gasteiger partial charge in [0.05, 0.1) is 6.26 Å². The van der Waals surface area contributed by atoms with Gasteiger partial charge in [0.25, 0.3) is 0 Å². The van der Waals surface area contributed by atoms with Gasteiger partial charge in [0.15, 0.2) is 5.96 Å². The number of guanidine groups is 1. The van der Waals surface area contributed by atoms with E-state index < -0.39 is 10.0 Å². The topological polar surface area (TPSA) is 77.0 Å². The van der Waals surface area contributed by atoms with Gasteiger partial charge in [-0.2, -0.15) is 0 Å². The maximum absolute atomic E-state index is 11.6. The Labute approximate surface area is 158 Å². The Morgan fingerprint density at radius 2 is 1.65 bits per heavy atom. The molecule has 2 heterocycles. The standard InChI is InChI=1S/C18H35N5O2S/c1-19-18(20-13-15-5-11-23(12-6-15)26(2,24)25)21-17-7-9-22(10-8-17)14-16-3-4-16/h15-17H,3-14H2,1-2H3,(H2,19,20,21). The monoisotopic (exact) mass is 385 g/mol. The van der Waals surface area contributed by atoms with Gasteiger partial charge in [0, 0.05) is 52.4 Å². The highest BCUT2D eigenvalue weighted by atomic mass is 32.2. The lowest BCUT2D eigenvalue weighted by molar-refractivity contribution is 0.198. The molecule has 26 heavy (non-hydrogen) atoms. The molecule has 0 aromatic rings. The summed E-state index contributed by atoms with van der Waals surface area (Å²) in [5.41, 5.74) is 0. The van der Waals surface area contributed by atoms with Crippen LogP contribution in [0.5, 0.6) is 0 Å². The smallest absolute Gasteiger partial charge is 0.211 e. The van der Waals surface area contributed by atoms with Gasteiger partial charge in [0.1, 0.15) is 0 Å². The van der Waals surface area contributed by atoms with Crippen molar-refractivity contribution in [2.45, 2.75) is 44.6 Å².